The van der Waals surface area contributed by atoms with E-state index >= 15 is 0 Å². The van der Waals surface area contributed by atoms with Gasteiger partial charge < -0.3 is 5.32 Å². The number of rotatable bonds is 9. The third kappa shape index (κ3) is 5.05. The Hall–Kier alpha value is -3.04. The van der Waals surface area contributed by atoms with E-state index in [-0.39, 0.29) is 35.4 Å². The van der Waals surface area contributed by atoms with Crippen molar-refractivity contribution in [3.05, 3.63) is 70.8 Å². The van der Waals surface area contributed by atoms with Crippen LogP contribution in [-0.2, 0) is 21.4 Å². The summed E-state index contributed by atoms with van der Waals surface area (Å²) in [5, 5.41) is 3.41. The van der Waals surface area contributed by atoms with Crippen LogP contribution in [0.2, 0.25) is 0 Å². The largest absolute Gasteiger partial charge is 0.350 e. The second-order valence-electron chi connectivity index (χ2n) is 7.46. The van der Waals surface area contributed by atoms with Gasteiger partial charge in [0, 0.05) is 26.1 Å². The highest BCUT2D eigenvalue weighted by Gasteiger charge is 2.21. The number of para-hydroxylation sites is 1. The van der Waals surface area contributed by atoms with Crippen LogP contribution in [0.3, 0.4) is 0 Å². The minimum Gasteiger partial charge on any atom is -0.350 e. The Balaban J connectivity index is 1.62. The zero-order chi connectivity index (χ0) is 23.3. The van der Waals surface area contributed by atoms with Crippen LogP contribution in [-0.4, -0.2) is 41.3 Å². The van der Waals surface area contributed by atoms with Gasteiger partial charge in [-0.3, -0.25) is 14.2 Å². The van der Waals surface area contributed by atoms with E-state index < -0.39 is 10.0 Å². The van der Waals surface area contributed by atoms with Crippen molar-refractivity contribution in [2.45, 2.75) is 44.7 Å². The van der Waals surface area contributed by atoms with Crippen LogP contribution in [0.1, 0.15) is 38.8 Å². The second kappa shape index (κ2) is 10.1. The number of carbonyl (C=O) groups excluding carboxylic acids is 1. The van der Waals surface area contributed by atoms with Crippen LogP contribution in [0.15, 0.2) is 64.5 Å². The maximum absolute atomic E-state index is 12.6. The van der Waals surface area contributed by atoms with Crippen molar-refractivity contribution in [1.29, 1.82) is 0 Å². The first-order valence-electron chi connectivity index (χ1n) is 10.6. The minimum atomic E-state index is -3.52. The number of carbonyl (C=O) groups is 1. The molecule has 1 amide bonds. The van der Waals surface area contributed by atoms with Gasteiger partial charge in [-0.05, 0) is 36.8 Å². The van der Waals surface area contributed by atoms with Crippen LogP contribution < -0.4 is 10.9 Å². The molecule has 0 aliphatic rings. The number of fused-ring (bicyclic) bond motifs is 1. The van der Waals surface area contributed by atoms with Crippen LogP contribution >= 0.6 is 0 Å². The van der Waals surface area contributed by atoms with Crippen molar-refractivity contribution < 1.29 is 13.2 Å². The minimum absolute atomic E-state index is 0.124. The Kier molecular flexibility index (Phi) is 7.42. The average molecular weight is 457 g/mol. The number of sulfonamides is 1. The molecule has 0 spiro atoms. The summed E-state index contributed by atoms with van der Waals surface area (Å²) < 4.78 is 28.0. The van der Waals surface area contributed by atoms with Gasteiger partial charge in [0.1, 0.15) is 0 Å². The molecule has 0 saturated carbocycles. The summed E-state index contributed by atoms with van der Waals surface area (Å²) in [6, 6.07) is 13.3. The molecule has 0 aliphatic carbocycles. The van der Waals surface area contributed by atoms with Crippen LogP contribution in [0.5, 0.6) is 0 Å². The number of benzene rings is 2. The van der Waals surface area contributed by atoms with Crippen molar-refractivity contribution in [3.63, 3.8) is 0 Å². The standard InChI is InChI=1S/C23H28N4O4S/c1-4-27(5-2)32(30,31)19-12-10-18(11-13-19)17(3)25-22(28)14-15-26-16-24-21-9-7-6-8-20(21)23(26)29/h6-13,16-17H,4-5,14-15H2,1-3H3,(H,25,28)/t17-/m1/s1. The Morgan fingerprint density at radius 3 is 2.41 bits per heavy atom. The monoisotopic (exact) mass is 456 g/mol. The average Bonchev–Trinajstić information content (AvgIpc) is 2.79. The van der Waals surface area contributed by atoms with E-state index in [1.165, 1.54) is 15.2 Å². The van der Waals surface area contributed by atoms with E-state index in [0.29, 0.717) is 24.0 Å². The zero-order valence-electron chi connectivity index (χ0n) is 18.5. The molecule has 1 N–H and O–H groups in total. The van der Waals surface area contributed by atoms with Crippen molar-refractivity contribution in [2.24, 2.45) is 0 Å². The molecule has 0 aliphatic heterocycles. The highest BCUT2D eigenvalue weighted by molar-refractivity contribution is 7.89. The van der Waals surface area contributed by atoms with Gasteiger partial charge in [0.15, 0.2) is 0 Å². The fourth-order valence-electron chi connectivity index (χ4n) is 3.53. The van der Waals surface area contributed by atoms with Crippen LogP contribution in [0.4, 0.5) is 0 Å². The van der Waals surface area contributed by atoms with Gasteiger partial charge in [0.2, 0.25) is 15.9 Å². The SMILES string of the molecule is CCN(CC)S(=O)(=O)c1ccc([C@@H](C)NC(=O)CCn2cnc3ccccc3c2=O)cc1. The highest BCUT2D eigenvalue weighted by Crippen LogP contribution is 2.19. The van der Waals surface area contributed by atoms with E-state index in [1.54, 1.807) is 56.3 Å². The highest BCUT2D eigenvalue weighted by atomic mass is 32.2. The molecule has 1 aromatic heterocycles. The lowest BCUT2D eigenvalue weighted by molar-refractivity contribution is -0.121. The third-order valence-electron chi connectivity index (χ3n) is 5.41. The summed E-state index contributed by atoms with van der Waals surface area (Å²) >= 11 is 0. The van der Waals surface area contributed by atoms with E-state index in [4.69, 9.17) is 0 Å². The lowest BCUT2D eigenvalue weighted by atomic mass is 10.1. The normalized spacial score (nSPS) is 12.8. The van der Waals surface area contributed by atoms with E-state index in [2.05, 4.69) is 10.3 Å². The molecule has 1 heterocycles. The zero-order valence-corrected chi connectivity index (χ0v) is 19.3. The first kappa shape index (κ1) is 23.6. The van der Waals surface area contributed by atoms with Gasteiger partial charge in [-0.1, -0.05) is 38.1 Å². The summed E-state index contributed by atoms with van der Waals surface area (Å²) in [5.41, 5.74) is 1.24. The summed E-state index contributed by atoms with van der Waals surface area (Å²) in [4.78, 5) is 29.4. The maximum atomic E-state index is 12.6. The molecule has 0 unspecified atom stereocenters. The van der Waals surface area contributed by atoms with Crippen molar-refractivity contribution in [1.82, 2.24) is 19.2 Å². The maximum Gasteiger partial charge on any atom is 0.261 e. The second-order valence-corrected chi connectivity index (χ2v) is 9.40. The van der Waals surface area contributed by atoms with Gasteiger partial charge in [-0.25, -0.2) is 13.4 Å². The third-order valence-corrected chi connectivity index (χ3v) is 7.48. The number of hydrogen-bond donors (Lipinski definition) is 1. The smallest absolute Gasteiger partial charge is 0.261 e. The number of hydrogen-bond acceptors (Lipinski definition) is 5. The number of amides is 1. The van der Waals surface area contributed by atoms with Crippen molar-refractivity contribution in [2.75, 3.05) is 13.1 Å². The molecular formula is C23H28N4O4S. The molecule has 0 saturated heterocycles. The Morgan fingerprint density at radius 2 is 1.75 bits per heavy atom. The molecule has 170 valence electrons. The quantitative estimate of drug-likeness (QED) is 0.533. The van der Waals surface area contributed by atoms with Gasteiger partial charge in [0.05, 0.1) is 28.2 Å². The van der Waals surface area contributed by atoms with Crippen LogP contribution in [0.25, 0.3) is 10.9 Å². The van der Waals surface area contributed by atoms with Crippen LogP contribution in [0, 0.1) is 0 Å². The van der Waals surface area contributed by atoms with Crippen molar-refractivity contribution in [3.8, 4) is 0 Å². The number of aromatic nitrogens is 2. The Morgan fingerprint density at radius 1 is 1.09 bits per heavy atom. The lowest BCUT2D eigenvalue weighted by Gasteiger charge is -2.19. The predicted molar refractivity (Wildman–Crippen MR) is 124 cm³/mol. The molecule has 9 heteroatoms. The molecule has 3 aromatic rings. The Bertz CT molecular complexity index is 1250. The number of nitrogens with zero attached hydrogens (tertiary/aromatic N) is 3. The first-order chi connectivity index (χ1) is 15.3. The van der Waals surface area contributed by atoms with E-state index in [9.17, 15) is 18.0 Å². The molecule has 0 bridgehead atoms. The summed E-state index contributed by atoms with van der Waals surface area (Å²) in [7, 11) is -3.52. The summed E-state index contributed by atoms with van der Waals surface area (Å²) in [6.45, 7) is 6.46. The molecule has 32 heavy (non-hydrogen) atoms. The van der Waals surface area contributed by atoms with E-state index in [1.807, 2.05) is 13.0 Å². The summed E-state index contributed by atoms with van der Waals surface area (Å²) in [5.74, 6) is -0.211. The molecule has 0 fully saturated rings. The summed E-state index contributed by atoms with van der Waals surface area (Å²) in [6.07, 6.45) is 1.58. The van der Waals surface area contributed by atoms with Gasteiger partial charge >= 0.3 is 0 Å². The fraction of sp³-hybridized carbons (Fsp3) is 0.348. The number of aryl methyl sites for hydroxylation is 1. The molecular weight excluding hydrogens is 428 g/mol. The van der Waals surface area contributed by atoms with Crippen molar-refractivity contribution >= 4 is 26.8 Å². The molecule has 1 atom stereocenters. The van der Waals surface area contributed by atoms with Gasteiger partial charge in [0.25, 0.3) is 5.56 Å². The first-order valence-corrected chi connectivity index (χ1v) is 12.1. The predicted octanol–water partition coefficient (Wildman–Crippen LogP) is 2.69. The molecule has 8 nitrogen and oxygen atoms in total. The molecule has 3 rings (SSSR count). The topological polar surface area (TPSA) is 101 Å². The molecule has 2 aromatic carbocycles. The number of nitrogens with one attached hydrogen (secondary N) is 1. The van der Waals surface area contributed by atoms with Gasteiger partial charge in [-0.2, -0.15) is 4.31 Å². The van der Waals surface area contributed by atoms with E-state index in [0.717, 1.165) is 5.56 Å². The Labute approximate surface area is 187 Å². The molecule has 0 radical (unpaired) electrons. The fourth-order valence-corrected chi connectivity index (χ4v) is 4.98. The van der Waals surface area contributed by atoms with Gasteiger partial charge in [-0.15, -0.1) is 0 Å². The lowest BCUT2D eigenvalue weighted by Crippen LogP contribution is -2.31.